The van der Waals surface area contributed by atoms with Crippen molar-refractivity contribution in [3.05, 3.63) is 0 Å². The lowest BCUT2D eigenvalue weighted by atomic mass is 10.1. The van der Waals surface area contributed by atoms with E-state index >= 15 is 0 Å². The molecule has 0 rings (SSSR count). The van der Waals surface area contributed by atoms with Gasteiger partial charge in [0.15, 0.2) is 0 Å². The number of carbonyl (C=O) groups is 2. The van der Waals surface area contributed by atoms with Crippen molar-refractivity contribution in [3.63, 3.8) is 0 Å². The van der Waals surface area contributed by atoms with Crippen molar-refractivity contribution in [2.45, 2.75) is 20.3 Å². The Balaban J connectivity index is 4.45. The van der Waals surface area contributed by atoms with Crippen molar-refractivity contribution in [2.75, 3.05) is 40.0 Å². The van der Waals surface area contributed by atoms with Crippen molar-refractivity contribution in [1.82, 2.24) is 4.90 Å². The summed E-state index contributed by atoms with van der Waals surface area (Å²) in [7, 11) is 1.55. The summed E-state index contributed by atoms with van der Waals surface area (Å²) in [6.07, 6.45) is 0.602. The molecule has 0 aromatic rings. The van der Waals surface area contributed by atoms with E-state index in [9.17, 15) is 9.59 Å². The fourth-order valence-corrected chi connectivity index (χ4v) is 1.52. The fraction of sp³-hybridized carbons (Fsp3) is 0.833. The van der Waals surface area contributed by atoms with Gasteiger partial charge < -0.3 is 20.1 Å². The summed E-state index contributed by atoms with van der Waals surface area (Å²) >= 11 is 0. The van der Waals surface area contributed by atoms with E-state index < -0.39 is 5.97 Å². The van der Waals surface area contributed by atoms with Crippen LogP contribution in [0.1, 0.15) is 20.3 Å². The Morgan fingerprint density at radius 3 is 2.56 bits per heavy atom. The van der Waals surface area contributed by atoms with Gasteiger partial charge in [-0.15, -0.1) is 0 Å². The van der Waals surface area contributed by atoms with Crippen molar-refractivity contribution in [3.8, 4) is 0 Å². The van der Waals surface area contributed by atoms with E-state index in [4.69, 9.17) is 15.2 Å². The third-order valence-electron chi connectivity index (χ3n) is 2.52. The number of amides is 1. The molecule has 0 radical (unpaired) electrons. The minimum absolute atomic E-state index is 0.0368. The minimum Gasteiger partial charge on any atom is -0.465 e. The number of ether oxygens (including phenoxy) is 2. The molecule has 0 heterocycles. The van der Waals surface area contributed by atoms with E-state index in [0.717, 1.165) is 0 Å². The average molecular weight is 260 g/mol. The van der Waals surface area contributed by atoms with Crippen LogP contribution in [0.4, 0.5) is 0 Å². The molecule has 0 aromatic heterocycles. The first-order valence-electron chi connectivity index (χ1n) is 6.20. The van der Waals surface area contributed by atoms with Gasteiger partial charge in [0.05, 0.1) is 13.2 Å². The first kappa shape index (κ1) is 16.9. The van der Waals surface area contributed by atoms with Crippen LogP contribution in [0, 0.1) is 5.92 Å². The Bertz CT molecular complexity index is 258. The van der Waals surface area contributed by atoms with Crippen LogP contribution in [0.5, 0.6) is 0 Å². The molecule has 18 heavy (non-hydrogen) atoms. The molecular weight excluding hydrogens is 236 g/mol. The quantitative estimate of drug-likeness (QED) is 0.591. The summed E-state index contributed by atoms with van der Waals surface area (Å²) in [6, 6.07) is 0. The molecule has 6 nitrogen and oxygen atoms in total. The molecule has 1 unspecified atom stereocenters. The molecule has 0 bridgehead atoms. The van der Waals surface area contributed by atoms with Crippen LogP contribution in [0.3, 0.4) is 0 Å². The summed E-state index contributed by atoms with van der Waals surface area (Å²) in [5.41, 5.74) is 5.43. The smallest absolute Gasteiger partial charge is 0.325 e. The predicted octanol–water partition coefficient (Wildman–Crippen LogP) is 0.00940. The Morgan fingerprint density at radius 2 is 2.06 bits per heavy atom. The topological polar surface area (TPSA) is 81.9 Å². The summed E-state index contributed by atoms with van der Waals surface area (Å²) in [5, 5.41) is 0. The van der Waals surface area contributed by atoms with Gasteiger partial charge in [-0.25, -0.2) is 0 Å². The van der Waals surface area contributed by atoms with Gasteiger partial charge in [0.25, 0.3) is 0 Å². The Hall–Kier alpha value is -1.14. The number of nitrogens with zero attached hydrogens (tertiary/aromatic N) is 1. The number of hydrogen-bond acceptors (Lipinski definition) is 5. The van der Waals surface area contributed by atoms with Crippen molar-refractivity contribution >= 4 is 11.9 Å². The van der Waals surface area contributed by atoms with Gasteiger partial charge in [0.2, 0.25) is 5.91 Å². The SMILES string of the molecule is CCOC(=O)CN(CCOC)C(=O)C(C)CCN. The van der Waals surface area contributed by atoms with Crippen LogP contribution in [-0.2, 0) is 19.1 Å². The number of carbonyl (C=O) groups excluding carboxylic acids is 2. The summed E-state index contributed by atoms with van der Waals surface area (Å²) in [5.74, 6) is -0.686. The zero-order chi connectivity index (χ0) is 14.0. The molecule has 1 atom stereocenters. The second-order valence-electron chi connectivity index (χ2n) is 4.04. The summed E-state index contributed by atoms with van der Waals surface area (Å²) < 4.78 is 9.78. The van der Waals surface area contributed by atoms with Gasteiger partial charge >= 0.3 is 5.97 Å². The number of esters is 1. The molecular formula is C12H24N2O4. The van der Waals surface area contributed by atoms with Crippen LogP contribution < -0.4 is 5.73 Å². The summed E-state index contributed by atoms with van der Waals surface area (Å²) in [4.78, 5) is 25.0. The Kier molecular flexibility index (Phi) is 9.22. The first-order chi connectivity index (χ1) is 8.56. The summed E-state index contributed by atoms with van der Waals surface area (Å²) in [6.45, 7) is 5.03. The highest BCUT2D eigenvalue weighted by atomic mass is 16.5. The third-order valence-corrected chi connectivity index (χ3v) is 2.52. The van der Waals surface area contributed by atoms with Crippen LogP contribution >= 0.6 is 0 Å². The highest BCUT2D eigenvalue weighted by Gasteiger charge is 2.22. The van der Waals surface area contributed by atoms with Gasteiger partial charge in [-0.3, -0.25) is 9.59 Å². The normalized spacial score (nSPS) is 12.0. The average Bonchev–Trinajstić information content (AvgIpc) is 2.34. The lowest BCUT2D eigenvalue weighted by molar-refractivity contribution is -0.150. The fourth-order valence-electron chi connectivity index (χ4n) is 1.52. The van der Waals surface area contributed by atoms with Crippen molar-refractivity contribution in [2.24, 2.45) is 11.7 Å². The molecule has 0 aliphatic heterocycles. The second kappa shape index (κ2) is 9.85. The van der Waals surface area contributed by atoms with Crippen molar-refractivity contribution in [1.29, 1.82) is 0 Å². The monoisotopic (exact) mass is 260 g/mol. The maximum Gasteiger partial charge on any atom is 0.325 e. The van der Waals surface area contributed by atoms with E-state index in [1.165, 1.54) is 4.90 Å². The van der Waals surface area contributed by atoms with Crippen LogP contribution in [0.25, 0.3) is 0 Å². The molecule has 0 aliphatic carbocycles. The van der Waals surface area contributed by atoms with Crippen LogP contribution in [-0.4, -0.2) is 56.7 Å². The first-order valence-corrected chi connectivity index (χ1v) is 6.20. The molecule has 6 heteroatoms. The number of rotatable bonds is 9. The molecule has 0 aliphatic rings. The van der Waals surface area contributed by atoms with E-state index in [1.54, 1.807) is 21.0 Å². The maximum absolute atomic E-state index is 12.1. The van der Waals surface area contributed by atoms with E-state index in [0.29, 0.717) is 32.7 Å². The molecule has 106 valence electrons. The zero-order valence-corrected chi connectivity index (χ0v) is 11.5. The van der Waals surface area contributed by atoms with E-state index in [1.807, 2.05) is 0 Å². The Labute approximate surface area is 108 Å². The third kappa shape index (κ3) is 6.56. The van der Waals surface area contributed by atoms with E-state index in [2.05, 4.69) is 0 Å². The number of nitrogens with two attached hydrogens (primary N) is 1. The molecule has 1 amide bonds. The maximum atomic E-state index is 12.1. The van der Waals surface area contributed by atoms with Gasteiger partial charge in [-0.1, -0.05) is 6.92 Å². The molecule has 0 saturated heterocycles. The van der Waals surface area contributed by atoms with Crippen LogP contribution in [0.15, 0.2) is 0 Å². The van der Waals surface area contributed by atoms with Gasteiger partial charge in [-0.05, 0) is 19.9 Å². The molecule has 0 aromatic carbocycles. The minimum atomic E-state index is -0.401. The lowest BCUT2D eigenvalue weighted by Gasteiger charge is -2.24. The van der Waals surface area contributed by atoms with Crippen molar-refractivity contribution < 1.29 is 19.1 Å². The number of methoxy groups -OCH3 is 1. The molecule has 2 N–H and O–H groups in total. The van der Waals surface area contributed by atoms with E-state index in [-0.39, 0.29) is 18.4 Å². The molecule has 0 spiro atoms. The lowest BCUT2D eigenvalue weighted by Crippen LogP contribution is -2.41. The van der Waals surface area contributed by atoms with Crippen LogP contribution in [0.2, 0.25) is 0 Å². The highest BCUT2D eigenvalue weighted by Crippen LogP contribution is 2.06. The Morgan fingerprint density at radius 1 is 1.39 bits per heavy atom. The highest BCUT2D eigenvalue weighted by molar-refractivity contribution is 5.83. The predicted molar refractivity (Wildman–Crippen MR) is 67.9 cm³/mol. The van der Waals surface area contributed by atoms with Gasteiger partial charge in [0.1, 0.15) is 6.54 Å². The van der Waals surface area contributed by atoms with Gasteiger partial charge in [-0.2, -0.15) is 0 Å². The van der Waals surface area contributed by atoms with Gasteiger partial charge in [0, 0.05) is 19.6 Å². The second-order valence-corrected chi connectivity index (χ2v) is 4.04. The standard InChI is InChI=1S/C12H24N2O4/c1-4-18-11(15)9-14(7-8-17-3)12(16)10(2)5-6-13/h10H,4-9,13H2,1-3H3. The molecule has 0 saturated carbocycles. The zero-order valence-electron chi connectivity index (χ0n) is 11.5. The number of hydrogen-bond donors (Lipinski definition) is 1. The molecule has 0 fully saturated rings. The largest absolute Gasteiger partial charge is 0.465 e.